The van der Waals surface area contributed by atoms with Crippen LogP contribution < -0.4 is 4.90 Å². The second-order valence-corrected chi connectivity index (χ2v) is 8.21. The Morgan fingerprint density at radius 2 is 1.85 bits per heavy atom. The number of aromatic nitrogens is 3. The summed E-state index contributed by atoms with van der Waals surface area (Å²) in [5.41, 5.74) is 2.15. The molecule has 0 spiro atoms. The van der Waals surface area contributed by atoms with Gasteiger partial charge in [0.25, 0.3) is 0 Å². The maximum atomic E-state index is 9.66. The molecule has 0 bridgehead atoms. The quantitative estimate of drug-likeness (QED) is 0.876. The van der Waals surface area contributed by atoms with Crippen LogP contribution in [0.3, 0.4) is 0 Å². The topological polar surface area (TPSA) is 57.4 Å². The minimum Gasteiger partial charge on any atom is -0.392 e. The molecule has 0 aromatic carbocycles. The largest absolute Gasteiger partial charge is 0.392 e. The summed E-state index contributed by atoms with van der Waals surface area (Å²) < 4.78 is 1.94. The van der Waals surface area contributed by atoms with Crippen molar-refractivity contribution in [1.82, 2.24) is 19.7 Å². The minimum atomic E-state index is -0.133. The van der Waals surface area contributed by atoms with E-state index in [1.807, 2.05) is 11.7 Å². The Morgan fingerprint density at radius 3 is 2.59 bits per heavy atom. The van der Waals surface area contributed by atoms with Gasteiger partial charge in [0.15, 0.2) is 5.65 Å². The highest BCUT2D eigenvalue weighted by atomic mass is 16.3. The highest BCUT2D eigenvalue weighted by molar-refractivity contribution is 5.80. The van der Waals surface area contributed by atoms with Crippen molar-refractivity contribution in [3.63, 3.8) is 0 Å². The molecule has 1 atom stereocenters. The van der Waals surface area contributed by atoms with Gasteiger partial charge in [0.2, 0.25) is 0 Å². The second-order valence-electron chi connectivity index (χ2n) is 8.21. The first-order valence-electron chi connectivity index (χ1n) is 10.7. The highest BCUT2D eigenvalue weighted by Crippen LogP contribution is 2.24. The van der Waals surface area contributed by atoms with Gasteiger partial charge >= 0.3 is 0 Å². The lowest BCUT2D eigenvalue weighted by Gasteiger charge is -2.25. The number of hydrogen-bond donors (Lipinski definition) is 1. The summed E-state index contributed by atoms with van der Waals surface area (Å²) in [6, 6.07) is 4.41. The van der Waals surface area contributed by atoms with E-state index in [1.165, 1.54) is 37.5 Å². The summed E-state index contributed by atoms with van der Waals surface area (Å²) in [6.07, 6.45) is 9.40. The van der Waals surface area contributed by atoms with Gasteiger partial charge in [0.1, 0.15) is 5.82 Å². The van der Waals surface area contributed by atoms with E-state index < -0.39 is 0 Å². The Bertz CT molecular complexity index is 750. The number of aliphatic hydroxyl groups is 1. The molecule has 0 amide bonds. The molecule has 0 unspecified atom stereocenters. The monoisotopic (exact) mass is 371 g/mol. The molecule has 0 aliphatic carbocycles. The van der Waals surface area contributed by atoms with Crippen LogP contribution in [0, 0.1) is 0 Å². The molecular weight excluding hydrogens is 338 g/mol. The first-order valence-corrected chi connectivity index (χ1v) is 10.7. The third kappa shape index (κ3) is 4.43. The van der Waals surface area contributed by atoms with Crippen LogP contribution in [0.4, 0.5) is 5.82 Å². The maximum absolute atomic E-state index is 9.66. The lowest BCUT2D eigenvalue weighted by atomic mass is 10.1. The fourth-order valence-electron chi connectivity index (χ4n) is 4.52. The van der Waals surface area contributed by atoms with Gasteiger partial charge in [0.05, 0.1) is 11.8 Å². The van der Waals surface area contributed by atoms with E-state index in [9.17, 15) is 5.11 Å². The SMILES string of the molecule is Cn1nc(CCCN2CC[C@H](O)C2)c2ccc(N3CCCCCCC3)nc21. The van der Waals surface area contributed by atoms with Crippen LogP contribution in [0.25, 0.3) is 11.0 Å². The zero-order chi connectivity index (χ0) is 18.6. The van der Waals surface area contributed by atoms with E-state index in [4.69, 9.17) is 10.1 Å². The van der Waals surface area contributed by atoms with Gasteiger partial charge < -0.3 is 14.9 Å². The van der Waals surface area contributed by atoms with Gasteiger partial charge in [-0.1, -0.05) is 19.3 Å². The van der Waals surface area contributed by atoms with Crippen LogP contribution in [-0.4, -0.2) is 63.6 Å². The summed E-state index contributed by atoms with van der Waals surface area (Å²) in [7, 11) is 2.01. The van der Waals surface area contributed by atoms with Crippen LogP contribution in [0.5, 0.6) is 0 Å². The number of likely N-dealkylation sites (tertiary alicyclic amines) is 1. The Labute approximate surface area is 162 Å². The molecule has 2 fully saturated rings. The molecule has 0 saturated carbocycles. The van der Waals surface area contributed by atoms with Gasteiger partial charge in [-0.25, -0.2) is 4.98 Å². The minimum absolute atomic E-state index is 0.133. The van der Waals surface area contributed by atoms with Crippen molar-refractivity contribution < 1.29 is 5.11 Å². The van der Waals surface area contributed by atoms with Crippen LogP contribution in [-0.2, 0) is 13.5 Å². The number of β-amino-alcohol motifs (C(OH)–C–C–N with tert-alkyl or cyclic N) is 1. The van der Waals surface area contributed by atoms with E-state index in [0.29, 0.717) is 0 Å². The van der Waals surface area contributed by atoms with Crippen molar-refractivity contribution in [3.05, 3.63) is 17.8 Å². The van der Waals surface area contributed by atoms with Gasteiger partial charge in [-0.3, -0.25) is 4.68 Å². The number of fused-ring (bicyclic) bond motifs is 1. The van der Waals surface area contributed by atoms with Gasteiger partial charge in [-0.2, -0.15) is 5.10 Å². The first-order chi connectivity index (χ1) is 13.2. The molecule has 27 heavy (non-hydrogen) atoms. The Kier molecular flexibility index (Phi) is 5.93. The molecule has 2 aromatic heterocycles. The average molecular weight is 372 g/mol. The summed E-state index contributed by atoms with van der Waals surface area (Å²) in [4.78, 5) is 9.77. The molecular formula is C21H33N5O. The first kappa shape index (κ1) is 18.7. The van der Waals surface area contributed by atoms with Crippen LogP contribution >= 0.6 is 0 Å². The molecule has 2 saturated heterocycles. The Hall–Kier alpha value is -1.66. The number of rotatable bonds is 5. The summed E-state index contributed by atoms with van der Waals surface area (Å²) in [6.45, 7) is 5.11. The highest BCUT2D eigenvalue weighted by Gasteiger charge is 2.20. The molecule has 4 rings (SSSR count). The predicted molar refractivity (Wildman–Crippen MR) is 109 cm³/mol. The number of nitrogens with zero attached hydrogens (tertiary/aromatic N) is 5. The Balaban J connectivity index is 1.44. The maximum Gasteiger partial charge on any atom is 0.160 e. The standard InChI is InChI=1S/C21H33N5O/c1-24-21-18(19(23-24)8-7-12-25-15-11-17(27)16-25)9-10-20(22-21)26-13-5-3-2-4-6-14-26/h9-10,17,27H,2-8,11-16H2,1H3/t17-/m0/s1. The van der Waals surface area contributed by atoms with E-state index >= 15 is 0 Å². The molecule has 6 heteroatoms. The third-order valence-electron chi connectivity index (χ3n) is 6.06. The fraction of sp³-hybridized carbons (Fsp3) is 0.714. The van der Waals surface area contributed by atoms with Crippen molar-refractivity contribution in [2.75, 3.05) is 37.6 Å². The van der Waals surface area contributed by atoms with Crippen molar-refractivity contribution in [2.45, 2.75) is 57.5 Å². The van der Waals surface area contributed by atoms with Crippen molar-refractivity contribution >= 4 is 16.9 Å². The van der Waals surface area contributed by atoms with Crippen molar-refractivity contribution in [1.29, 1.82) is 0 Å². The number of anilines is 1. The van der Waals surface area contributed by atoms with Crippen molar-refractivity contribution in [3.8, 4) is 0 Å². The number of pyridine rings is 1. The van der Waals surface area contributed by atoms with E-state index in [1.54, 1.807) is 0 Å². The lowest BCUT2D eigenvalue weighted by Crippen LogP contribution is -2.27. The molecule has 0 radical (unpaired) electrons. The van der Waals surface area contributed by atoms with Crippen LogP contribution in [0.2, 0.25) is 0 Å². The van der Waals surface area contributed by atoms with E-state index in [-0.39, 0.29) is 6.10 Å². The molecule has 2 aliphatic rings. The average Bonchev–Trinajstić information content (AvgIpc) is 3.18. The normalized spacial score (nSPS) is 22.3. The molecule has 1 N–H and O–H groups in total. The van der Waals surface area contributed by atoms with E-state index in [2.05, 4.69) is 21.9 Å². The summed E-state index contributed by atoms with van der Waals surface area (Å²) in [5.74, 6) is 1.10. The molecule has 2 aliphatic heterocycles. The smallest absolute Gasteiger partial charge is 0.160 e. The zero-order valence-corrected chi connectivity index (χ0v) is 16.6. The van der Waals surface area contributed by atoms with Gasteiger partial charge in [-0.15, -0.1) is 0 Å². The molecule has 148 valence electrons. The number of aliphatic hydroxyl groups excluding tert-OH is 1. The van der Waals surface area contributed by atoms with Crippen LogP contribution in [0.15, 0.2) is 12.1 Å². The predicted octanol–water partition coefficient (Wildman–Crippen LogP) is 2.74. The third-order valence-corrected chi connectivity index (χ3v) is 6.06. The van der Waals surface area contributed by atoms with E-state index in [0.717, 1.165) is 69.1 Å². The second kappa shape index (κ2) is 8.57. The van der Waals surface area contributed by atoms with Gasteiger partial charge in [-0.05, 0) is 50.8 Å². The Morgan fingerprint density at radius 1 is 1.07 bits per heavy atom. The molecule has 2 aromatic rings. The van der Waals surface area contributed by atoms with Gasteiger partial charge in [0, 0.05) is 38.6 Å². The molecule has 6 nitrogen and oxygen atoms in total. The van der Waals surface area contributed by atoms with Crippen molar-refractivity contribution in [2.24, 2.45) is 7.05 Å². The zero-order valence-electron chi connectivity index (χ0n) is 16.6. The van der Waals surface area contributed by atoms with Crippen LogP contribution in [0.1, 0.15) is 50.6 Å². The summed E-state index contributed by atoms with van der Waals surface area (Å²) in [5, 5.41) is 15.6. The fourth-order valence-corrected chi connectivity index (χ4v) is 4.52. The molecule has 4 heterocycles. The lowest BCUT2D eigenvalue weighted by molar-refractivity contribution is 0.176. The number of aryl methyl sites for hydroxylation is 2. The number of hydrogen-bond acceptors (Lipinski definition) is 5. The summed E-state index contributed by atoms with van der Waals surface area (Å²) >= 11 is 0.